The molecule has 0 amide bonds. The van der Waals surface area contributed by atoms with Crippen molar-refractivity contribution in [3.8, 4) is 28.1 Å². The van der Waals surface area contributed by atoms with Crippen LogP contribution in [0.4, 0.5) is 0 Å². The molecule has 1 aliphatic heterocycles. The summed E-state index contributed by atoms with van der Waals surface area (Å²) in [5.41, 5.74) is 6.40. The summed E-state index contributed by atoms with van der Waals surface area (Å²) >= 11 is 1.35. The second-order valence-corrected chi connectivity index (χ2v) is 12.0. The first-order valence-corrected chi connectivity index (χ1v) is 15.6. The normalized spacial score (nSPS) is 14.0. The minimum atomic E-state index is -0.893. The summed E-state index contributed by atoms with van der Waals surface area (Å²) in [7, 11) is 2.16. The zero-order valence-electron chi connectivity index (χ0n) is 24.4. The minimum absolute atomic E-state index is 0.354. The van der Waals surface area contributed by atoms with Crippen molar-refractivity contribution in [1.29, 1.82) is 0 Å². The summed E-state index contributed by atoms with van der Waals surface area (Å²) in [6.07, 6.45) is 0. The van der Waals surface area contributed by atoms with Gasteiger partial charge in [0.15, 0.2) is 0 Å². The van der Waals surface area contributed by atoms with Gasteiger partial charge in [-0.05, 0) is 54.1 Å². The van der Waals surface area contributed by atoms with E-state index in [1.54, 1.807) is 0 Å². The van der Waals surface area contributed by atoms with Crippen molar-refractivity contribution in [2.75, 3.05) is 53.0 Å². The number of carboxylic acids is 1. The van der Waals surface area contributed by atoms with Gasteiger partial charge < -0.3 is 24.0 Å². The van der Waals surface area contributed by atoms with E-state index in [2.05, 4.69) is 57.8 Å². The van der Waals surface area contributed by atoms with Crippen molar-refractivity contribution in [2.24, 2.45) is 0 Å². The number of carboxylic acid groups (broad SMARTS) is 1. The molecule has 0 unspecified atom stereocenters. The Labute approximate surface area is 256 Å². The zero-order chi connectivity index (χ0) is 29.6. The topological polar surface area (TPSA) is 67.2 Å². The van der Waals surface area contributed by atoms with Crippen molar-refractivity contribution in [1.82, 2.24) is 14.4 Å². The molecule has 7 nitrogen and oxygen atoms in total. The lowest BCUT2D eigenvalue weighted by Gasteiger charge is -2.28. The van der Waals surface area contributed by atoms with Crippen LogP contribution in [0.15, 0.2) is 91.0 Å². The van der Waals surface area contributed by atoms with E-state index >= 15 is 0 Å². The molecule has 2 aromatic heterocycles. The summed E-state index contributed by atoms with van der Waals surface area (Å²) < 4.78 is 14.9. The van der Waals surface area contributed by atoms with Crippen LogP contribution in [0.2, 0.25) is 0 Å². The van der Waals surface area contributed by atoms with E-state index in [0.717, 1.165) is 96.4 Å². The first kappa shape index (κ1) is 29.1. The smallest absolute Gasteiger partial charge is 0.345 e. The molecule has 5 aromatic rings. The molecular weight excluding hydrogens is 558 g/mol. The average Bonchev–Trinajstić information content (AvgIpc) is 3.61. The lowest BCUT2D eigenvalue weighted by molar-refractivity contribution is 0.0344. The summed E-state index contributed by atoms with van der Waals surface area (Å²) in [6.45, 7) is 7.62. The van der Waals surface area contributed by atoms with Crippen LogP contribution < -0.4 is 4.74 Å². The van der Waals surface area contributed by atoms with Gasteiger partial charge in [0, 0.05) is 44.8 Å². The standard InChI is InChI=1S/C35H37N3O4S/c1-36(16-18-37-20-22-41-23-21-37)17-19-38-30-24-31(35(39)40)43-34(30)32(27-10-6-3-7-11-27)33(38)28-12-14-29(15-13-28)42-25-26-8-4-2-5-9-26/h2-15,24H,16-23,25H2,1H3,(H,39,40). The molecule has 8 heteroatoms. The van der Waals surface area contributed by atoms with Crippen LogP contribution in [0, 0.1) is 0 Å². The Balaban J connectivity index is 1.33. The van der Waals surface area contributed by atoms with E-state index in [0.29, 0.717) is 11.5 Å². The molecule has 222 valence electrons. The third-order valence-electron chi connectivity index (χ3n) is 7.99. The fourth-order valence-electron chi connectivity index (χ4n) is 5.60. The lowest BCUT2D eigenvalue weighted by Crippen LogP contribution is -2.41. The molecule has 43 heavy (non-hydrogen) atoms. The van der Waals surface area contributed by atoms with Gasteiger partial charge in [0.1, 0.15) is 17.2 Å². The van der Waals surface area contributed by atoms with Gasteiger partial charge in [-0.1, -0.05) is 60.7 Å². The average molecular weight is 596 g/mol. The number of hydrogen-bond acceptors (Lipinski definition) is 6. The summed E-state index contributed by atoms with van der Waals surface area (Å²) in [5, 5.41) is 9.88. The fraction of sp³-hybridized carbons (Fsp3) is 0.286. The van der Waals surface area contributed by atoms with Crippen LogP contribution in [-0.2, 0) is 17.9 Å². The van der Waals surface area contributed by atoms with Crippen molar-refractivity contribution in [3.63, 3.8) is 0 Å². The highest BCUT2D eigenvalue weighted by atomic mass is 32.1. The summed E-state index contributed by atoms with van der Waals surface area (Å²) in [4.78, 5) is 17.2. The molecule has 0 saturated carbocycles. The van der Waals surface area contributed by atoms with Gasteiger partial charge in [0.2, 0.25) is 0 Å². The maximum absolute atomic E-state index is 12.1. The number of fused-ring (bicyclic) bond motifs is 1. The second-order valence-electron chi connectivity index (χ2n) is 10.9. The Bertz CT molecular complexity index is 1640. The molecule has 0 atom stereocenters. The number of rotatable bonds is 12. The Morgan fingerprint density at radius 2 is 1.58 bits per heavy atom. The molecule has 0 radical (unpaired) electrons. The number of thiophene rings is 1. The number of ether oxygens (including phenoxy) is 2. The molecule has 1 N–H and O–H groups in total. The molecule has 0 aliphatic carbocycles. The van der Waals surface area contributed by atoms with Gasteiger partial charge in [-0.25, -0.2) is 4.79 Å². The number of nitrogens with zero attached hydrogens (tertiary/aromatic N) is 3. The molecule has 3 aromatic carbocycles. The molecule has 6 rings (SSSR count). The van der Waals surface area contributed by atoms with Crippen LogP contribution in [0.5, 0.6) is 5.75 Å². The van der Waals surface area contributed by atoms with Crippen LogP contribution in [-0.4, -0.2) is 78.4 Å². The maximum atomic E-state index is 12.1. The molecule has 1 fully saturated rings. The van der Waals surface area contributed by atoms with Crippen molar-refractivity contribution >= 4 is 27.5 Å². The van der Waals surface area contributed by atoms with E-state index in [-0.39, 0.29) is 0 Å². The van der Waals surface area contributed by atoms with Gasteiger partial charge in [0.25, 0.3) is 0 Å². The highest BCUT2D eigenvalue weighted by Gasteiger charge is 2.24. The van der Waals surface area contributed by atoms with Gasteiger partial charge in [-0.3, -0.25) is 4.90 Å². The predicted octanol–water partition coefficient (Wildman–Crippen LogP) is 6.58. The molecule has 0 spiro atoms. The monoisotopic (exact) mass is 595 g/mol. The highest BCUT2D eigenvalue weighted by molar-refractivity contribution is 7.21. The number of aromatic nitrogens is 1. The predicted molar refractivity (Wildman–Crippen MR) is 173 cm³/mol. The summed E-state index contributed by atoms with van der Waals surface area (Å²) in [5.74, 6) is -0.0827. The highest BCUT2D eigenvalue weighted by Crippen LogP contribution is 2.45. The zero-order valence-corrected chi connectivity index (χ0v) is 25.3. The van der Waals surface area contributed by atoms with Crippen molar-refractivity contribution < 1.29 is 19.4 Å². The number of hydrogen-bond donors (Lipinski definition) is 1. The number of morpholine rings is 1. The van der Waals surface area contributed by atoms with Crippen LogP contribution in [0.3, 0.4) is 0 Å². The van der Waals surface area contributed by atoms with E-state index in [1.165, 1.54) is 11.3 Å². The van der Waals surface area contributed by atoms with Crippen LogP contribution >= 0.6 is 11.3 Å². The van der Waals surface area contributed by atoms with Crippen LogP contribution in [0.25, 0.3) is 32.6 Å². The van der Waals surface area contributed by atoms with E-state index < -0.39 is 5.97 Å². The first-order valence-electron chi connectivity index (χ1n) is 14.8. The Hall–Kier alpha value is -3.95. The third-order valence-corrected chi connectivity index (χ3v) is 9.12. The fourth-order valence-corrected chi connectivity index (χ4v) is 6.67. The van der Waals surface area contributed by atoms with Gasteiger partial charge in [0.05, 0.1) is 29.1 Å². The second kappa shape index (κ2) is 13.6. The number of aromatic carboxylic acids is 1. The lowest BCUT2D eigenvalue weighted by atomic mass is 10.0. The maximum Gasteiger partial charge on any atom is 0.345 e. The molecule has 1 aliphatic rings. The molecule has 0 bridgehead atoms. The van der Waals surface area contributed by atoms with Gasteiger partial charge in [-0.15, -0.1) is 11.3 Å². The first-order chi connectivity index (χ1) is 21.1. The Morgan fingerprint density at radius 3 is 2.28 bits per heavy atom. The van der Waals surface area contributed by atoms with Crippen molar-refractivity contribution in [2.45, 2.75) is 13.2 Å². The van der Waals surface area contributed by atoms with Gasteiger partial charge in [-0.2, -0.15) is 0 Å². The molecule has 1 saturated heterocycles. The van der Waals surface area contributed by atoms with Gasteiger partial charge >= 0.3 is 5.97 Å². The SMILES string of the molecule is CN(CCN1CCOCC1)CCn1c(-c2ccc(OCc3ccccc3)cc2)c(-c2ccccc2)c2sc(C(=O)O)cc21. The van der Waals surface area contributed by atoms with Crippen LogP contribution in [0.1, 0.15) is 15.2 Å². The number of likely N-dealkylation sites (N-methyl/N-ethyl adjacent to an activating group) is 1. The quantitative estimate of drug-likeness (QED) is 0.176. The third kappa shape index (κ3) is 6.84. The molecular formula is C35H37N3O4S. The Morgan fingerprint density at radius 1 is 0.907 bits per heavy atom. The number of carbonyl (C=O) groups is 1. The minimum Gasteiger partial charge on any atom is -0.489 e. The van der Waals surface area contributed by atoms with Crippen molar-refractivity contribution in [3.05, 3.63) is 101 Å². The molecule has 3 heterocycles. The Kier molecular flexibility index (Phi) is 9.19. The van der Waals surface area contributed by atoms with E-state index in [1.807, 2.05) is 54.6 Å². The summed E-state index contributed by atoms with van der Waals surface area (Å²) in [6, 6.07) is 30.6. The van der Waals surface area contributed by atoms with E-state index in [9.17, 15) is 9.90 Å². The number of benzene rings is 3. The van der Waals surface area contributed by atoms with E-state index in [4.69, 9.17) is 9.47 Å². The largest absolute Gasteiger partial charge is 0.489 e.